The first kappa shape index (κ1) is 27.1. The Bertz CT molecular complexity index is 1230. The van der Waals surface area contributed by atoms with E-state index in [1.165, 1.54) is 27.7 Å². The van der Waals surface area contributed by atoms with Crippen molar-refractivity contribution >= 4 is 35.5 Å². The fourth-order valence-electron chi connectivity index (χ4n) is 7.06. The monoisotopic (exact) mass is 573 g/mol. The van der Waals surface area contributed by atoms with Crippen LogP contribution < -0.4 is 16.0 Å². The van der Waals surface area contributed by atoms with Gasteiger partial charge in [0.2, 0.25) is 17.7 Å². The van der Waals surface area contributed by atoms with Crippen LogP contribution in [0.1, 0.15) is 33.1 Å². The number of carboxylic acid groups (broad SMARTS) is 1. The number of hydrogen-bond acceptors (Lipinski definition) is 10. The summed E-state index contributed by atoms with van der Waals surface area (Å²) in [5, 5.41) is 30.4. The molecule has 6 rings (SSSR count). The van der Waals surface area contributed by atoms with Gasteiger partial charge in [0.05, 0.1) is 18.0 Å². The van der Waals surface area contributed by atoms with Crippen molar-refractivity contribution in [3.05, 3.63) is 16.9 Å². The van der Waals surface area contributed by atoms with Gasteiger partial charge in [-0.05, 0) is 49.7 Å². The molecule has 1 spiro atoms. The predicted molar refractivity (Wildman–Crippen MR) is 142 cm³/mol. The van der Waals surface area contributed by atoms with Gasteiger partial charge >= 0.3 is 5.97 Å². The average molecular weight is 574 g/mol. The summed E-state index contributed by atoms with van der Waals surface area (Å²) >= 11 is 1.47. The lowest BCUT2D eigenvalue weighted by molar-refractivity contribution is -0.158. The molecule has 1 unspecified atom stereocenters. The lowest BCUT2D eigenvalue weighted by Gasteiger charge is -2.53. The molecule has 5 aliphatic heterocycles. The number of nitrogens with zero attached hydrogens (tertiary/aromatic N) is 6. The largest absolute Gasteiger partial charge is 0.477 e. The number of rotatable bonds is 8. The number of thioether (sulfide) groups is 1. The number of tetrazole rings is 1. The van der Waals surface area contributed by atoms with E-state index in [-0.39, 0.29) is 58.6 Å². The molecule has 15 heteroatoms. The lowest BCUT2D eigenvalue weighted by atomic mass is 9.72. The van der Waals surface area contributed by atoms with Crippen molar-refractivity contribution in [2.24, 2.45) is 17.3 Å². The van der Waals surface area contributed by atoms with Gasteiger partial charge in [-0.15, -0.1) is 16.9 Å². The summed E-state index contributed by atoms with van der Waals surface area (Å²) in [4.78, 5) is 55.1. The second-order valence-electron chi connectivity index (χ2n) is 11.8. The van der Waals surface area contributed by atoms with Crippen molar-refractivity contribution in [2.75, 3.05) is 32.7 Å². The van der Waals surface area contributed by atoms with Crippen LogP contribution >= 0.6 is 11.8 Å². The highest BCUT2D eigenvalue weighted by Gasteiger charge is 2.60. The second-order valence-corrected chi connectivity index (χ2v) is 13.1. The van der Waals surface area contributed by atoms with E-state index in [4.69, 9.17) is 0 Å². The summed E-state index contributed by atoms with van der Waals surface area (Å²) in [6, 6.07) is -1.11. The zero-order valence-electron chi connectivity index (χ0n) is 22.6. The Morgan fingerprint density at radius 1 is 1.27 bits per heavy atom. The van der Waals surface area contributed by atoms with Crippen LogP contribution in [0.15, 0.2) is 16.9 Å². The third-order valence-electron chi connectivity index (χ3n) is 9.13. The number of fused-ring (bicyclic) bond motifs is 1. The quantitative estimate of drug-likeness (QED) is 0.270. The minimum absolute atomic E-state index is 0.0236. The summed E-state index contributed by atoms with van der Waals surface area (Å²) in [6.45, 7) is 7.87. The van der Waals surface area contributed by atoms with Crippen LogP contribution in [-0.2, 0) is 25.7 Å². The van der Waals surface area contributed by atoms with Gasteiger partial charge in [0.1, 0.15) is 18.6 Å². The van der Waals surface area contributed by atoms with Crippen LogP contribution in [0.3, 0.4) is 0 Å². The topological polar surface area (TPSA) is 175 Å². The van der Waals surface area contributed by atoms with Crippen molar-refractivity contribution in [3.8, 4) is 0 Å². The summed E-state index contributed by atoms with van der Waals surface area (Å²) in [7, 11) is 0. The third-order valence-corrected chi connectivity index (χ3v) is 10.6. The first-order valence-corrected chi connectivity index (χ1v) is 14.8. The third kappa shape index (κ3) is 4.67. The number of β-lactam (4-membered cyclic amide) rings is 1. The Hall–Kier alpha value is -3.04. The SMILES string of the molecule is CC(NC(=O)Cn1cnnn1)[C@H]1C(=O)N2C(C(=O)O)=C(S[C@@H]3CN[C@H](C(=O)N4CC5(CCNCC5)C4)C3)[C@H](C)[C@H]12. The molecule has 1 aromatic rings. The van der Waals surface area contributed by atoms with Crippen molar-refractivity contribution in [1.29, 1.82) is 0 Å². The number of carboxylic acids is 1. The smallest absolute Gasteiger partial charge is 0.353 e. The predicted octanol–water partition coefficient (Wildman–Crippen LogP) is -1.37. The molecular formula is C25H35N9O5S. The highest BCUT2D eigenvalue weighted by molar-refractivity contribution is 8.03. The van der Waals surface area contributed by atoms with E-state index in [1.807, 2.05) is 11.8 Å². The van der Waals surface area contributed by atoms with E-state index >= 15 is 0 Å². The second kappa shape index (κ2) is 10.4. The lowest BCUT2D eigenvalue weighted by Crippen LogP contribution is -2.66. The van der Waals surface area contributed by atoms with E-state index in [0.29, 0.717) is 17.9 Å². The maximum Gasteiger partial charge on any atom is 0.353 e. The number of carbonyl (C=O) groups is 4. The molecule has 6 atom stereocenters. The Kier molecular flexibility index (Phi) is 7.07. The molecule has 5 aliphatic rings. The molecule has 40 heavy (non-hydrogen) atoms. The number of aliphatic carboxylic acids is 1. The van der Waals surface area contributed by atoms with Crippen molar-refractivity contribution in [1.82, 2.24) is 46.0 Å². The molecule has 0 aliphatic carbocycles. The Labute approximate surface area is 235 Å². The van der Waals surface area contributed by atoms with Crippen LogP contribution in [-0.4, -0.2) is 115 Å². The molecule has 1 aromatic heterocycles. The molecule has 0 aromatic carbocycles. The minimum atomic E-state index is -1.13. The van der Waals surface area contributed by atoms with E-state index < -0.39 is 17.9 Å². The van der Waals surface area contributed by atoms with Gasteiger partial charge < -0.3 is 30.9 Å². The molecule has 4 N–H and O–H groups in total. The normalized spacial score (nSPS) is 31.6. The highest BCUT2D eigenvalue weighted by Crippen LogP contribution is 2.52. The Balaban J connectivity index is 1.07. The molecule has 6 heterocycles. The van der Waals surface area contributed by atoms with E-state index in [1.54, 1.807) is 6.92 Å². The number of nitrogens with one attached hydrogen (secondary N) is 3. The number of piperidine rings is 1. The van der Waals surface area contributed by atoms with E-state index in [9.17, 15) is 24.3 Å². The van der Waals surface area contributed by atoms with Crippen molar-refractivity contribution in [2.45, 2.75) is 63.0 Å². The zero-order chi connectivity index (χ0) is 28.2. The maximum absolute atomic E-state index is 13.2. The Morgan fingerprint density at radius 2 is 2.02 bits per heavy atom. The number of likely N-dealkylation sites (tertiary alicyclic amines) is 1. The van der Waals surface area contributed by atoms with Gasteiger partial charge in [0.15, 0.2) is 0 Å². The Morgan fingerprint density at radius 3 is 2.70 bits per heavy atom. The minimum Gasteiger partial charge on any atom is -0.477 e. The van der Waals surface area contributed by atoms with Gasteiger partial charge in [-0.1, -0.05) is 6.92 Å². The van der Waals surface area contributed by atoms with Gasteiger partial charge in [-0.2, -0.15) is 0 Å². The highest BCUT2D eigenvalue weighted by atomic mass is 32.2. The van der Waals surface area contributed by atoms with Gasteiger partial charge in [-0.25, -0.2) is 9.48 Å². The van der Waals surface area contributed by atoms with Gasteiger partial charge in [-0.3, -0.25) is 14.4 Å². The van der Waals surface area contributed by atoms with Crippen LogP contribution in [0, 0.1) is 17.3 Å². The van der Waals surface area contributed by atoms with Crippen molar-refractivity contribution < 1.29 is 24.3 Å². The van der Waals surface area contributed by atoms with Gasteiger partial charge in [0.25, 0.3) is 0 Å². The van der Waals surface area contributed by atoms with Crippen LogP contribution in [0.5, 0.6) is 0 Å². The summed E-state index contributed by atoms with van der Waals surface area (Å²) in [6.07, 6.45) is 4.16. The molecule has 4 saturated heterocycles. The number of carbonyl (C=O) groups excluding carboxylic acids is 3. The number of aromatic nitrogens is 4. The molecule has 0 bridgehead atoms. The maximum atomic E-state index is 13.2. The molecule has 3 amide bonds. The average Bonchev–Trinajstić information content (AvgIpc) is 3.63. The van der Waals surface area contributed by atoms with Crippen LogP contribution in [0.4, 0.5) is 0 Å². The molecule has 0 radical (unpaired) electrons. The molecular weight excluding hydrogens is 538 g/mol. The standard InChI is InChI=1S/C25H35N9O5S/c1-13-19-18(14(2)29-17(35)9-33-12-28-30-31-33)23(37)34(19)20(24(38)39)21(13)40-15-7-16(27-8-15)22(36)32-10-25(11-32)3-5-26-6-4-25/h12-16,18-19,26-27H,3-11H2,1-2H3,(H,29,35)(H,38,39)/t13-,14?,15+,16+,18-,19-/m1/s1. The molecule has 14 nitrogen and oxygen atoms in total. The van der Waals surface area contributed by atoms with Crippen LogP contribution in [0.25, 0.3) is 0 Å². The zero-order valence-corrected chi connectivity index (χ0v) is 23.4. The fraction of sp³-hybridized carbons (Fsp3) is 0.720. The van der Waals surface area contributed by atoms with E-state index in [2.05, 4.69) is 31.5 Å². The van der Waals surface area contributed by atoms with Crippen LogP contribution in [0.2, 0.25) is 0 Å². The summed E-state index contributed by atoms with van der Waals surface area (Å²) in [5.41, 5.74) is 0.302. The molecule has 216 valence electrons. The van der Waals surface area contributed by atoms with Gasteiger partial charge in [0, 0.05) is 47.2 Å². The first-order chi connectivity index (χ1) is 19.2. The summed E-state index contributed by atoms with van der Waals surface area (Å²) < 4.78 is 1.29. The van der Waals surface area contributed by atoms with Crippen molar-refractivity contribution in [3.63, 3.8) is 0 Å². The molecule has 0 saturated carbocycles. The number of hydrogen-bond donors (Lipinski definition) is 4. The number of amides is 3. The summed E-state index contributed by atoms with van der Waals surface area (Å²) in [5.74, 6) is -2.39. The molecule has 4 fully saturated rings. The fourth-order valence-corrected chi connectivity index (χ4v) is 8.54. The first-order valence-electron chi connectivity index (χ1n) is 13.9. The van der Waals surface area contributed by atoms with E-state index in [0.717, 1.165) is 39.0 Å².